The van der Waals surface area contributed by atoms with Gasteiger partial charge in [0, 0.05) is 30.5 Å². The molecule has 144 valence electrons. The van der Waals surface area contributed by atoms with E-state index in [0.29, 0.717) is 24.8 Å². The topological polar surface area (TPSA) is 81.2 Å². The third-order valence-electron chi connectivity index (χ3n) is 4.58. The predicted molar refractivity (Wildman–Crippen MR) is 108 cm³/mol. The van der Waals surface area contributed by atoms with Crippen LogP contribution in [-0.2, 0) is 11.2 Å². The second-order valence-electron chi connectivity index (χ2n) is 6.57. The number of oxazole rings is 1. The van der Waals surface area contributed by atoms with Crippen LogP contribution in [0.25, 0.3) is 11.3 Å². The Hall–Kier alpha value is -1.56. The van der Waals surface area contributed by atoms with Crippen LogP contribution in [0.5, 0.6) is 0 Å². The first-order chi connectivity index (χ1) is 11.6. The van der Waals surface area contributed by atoms with E-state index in [1.54, 1.807) is 0 Å². The average Bonchev–Trinajstić information content (AvgIpc) is 2.97. The molecule has 1 aliphatic rings. The van der Waals surface area contributed by atoms with E-state index in [9.17, 15) is 4.79 Å². The van der Waals surface area contributed by atoms with Crippen LogP contribution in [0, 0.1) is 6.92 Å². The largest absolute Gasteiger partial charge is 0.440 e. The lowest BCUT2D eigenvalue weighted by Gasteiger charge is -2.26. The number of amides is 1. The van der Waals surface area contributed by atoms with Crippen molar-refractivity contribution in [3.05, 3.63) is 41.9 Å². The van der Waals surface area contributed by atoms with Crippen molar-refractivity contribution in [1.29, 1.82) is 0 Å². The Kier molecular flexibility index (Phi) is 9.13. The van der Waals surface area contributed by atoms with Crippen LogP contribution in [-0.4, -0.2) is 23.0 Å². The summed E-state index contributed by atoms with van der Waals surface area (Å²) in [5.41, 5.74) is 7.76. The molecule has 2 aromatic rings. The number of hydrogen-bond donors (Lipinski definition) is 2. The molecule has 5 nitrogen and oxygen atoms in total. The molecular formula is C19H27Cl2N3O2. The molecule has 1 saturated carbocycles. The van der Waals surface area contributed by atoms with Crippen molar-refractivity contribution in [1.82, 2.24) is 10.3 Å². The molecule has 3 N–H and O–H groups in total. The summed E-state index contributed by atoms with van der Waals surface area (Å²) < 4.78 is 5.85. The van der Waals surface area contributed by atoms with E-state index in [2.05, 4.69) is 10.3 Å². The molecule has 7 heteroatoms. The highest BCUT2D eigenvalue weighted by Gasteiger charge is 2.20. The van der Waals surface area contributed by atoms with Crippen LogP contribution in [0.3, 0.4) is 0 Å². The van der Waals surface area contributed by atoms with E-state index in [1.165, 1.54) is 0 Å². The number of hydrogen-bond acceptors (Lipinski definition) is 4. The first-order valence-electron chi connectivity index (χ1n) is 8.68. The second kappa shape index (κ2) is 10.6. The van der Waals surface area contributed by atoms with E-state index in [-0.39, 0.29) is 36.8 Å². The molecule has 0 radical (unpaired) electrons. The fourth-order valence-corrected chi connectivity index (χ4v) is 3.20. The van der Waals surface area contributed by atoms with Crippen LogP contribution < -0.4 is 11.1 Å². The van der Waals surface area contributed by atoms with Crippen LogP contribution >= 0.6 is 24.8 Å². The minimum Gasteiger partial charge on any atom is -0.440 e. The SMILES string of the molecule is Cc1nc(CCC(=O)NC2CCC(N)CC2)oc1-c1ccccc1.Cl.Cl. The molecule has 0 spiro atoms. The lowest BCUT2D eigenvalue weighted by atomic mass is 9.92. The Morgan fingerprint density at radius 2 is 1.85 bits per heavy atom. The van der Waals surface area contributed by atoms with Crippen molar-refractivity contribution >= 4 is 30.7 Å². The van der Waals surface area contributed by atoms with Gasteiger partial charge in [-0.1, -0.05) is 30.3 Å². The van der Waals surface area contributed by atoms with Gasteiger partial charge in [0.1, 0.15) is 0 Å². The number of rotatable bonds is 5. The molecular weight excluding hydrogens is 373 g/mol. The van der Waals surface area contributed by atoms with Crippen molar-refractivity contribution < 1.29 is 9.21 Å². The number of aryl methyl sites for hydroxylation is 2. The second-order valence-corrected chi connectivity index (χ2v) is 6.57. The molecule has 0 atom stereocenters. The Bertz CT molecular complexity index is 683. The zero-order chi connectivity index (χ0) is 16.9. The summed E-state index contributed by atoms with van der Waals surface area (Å²) in [6.45, 7) is 1.93. The number of nitrogens with zero attached hydrogens (tertiary/aromatic N) is 1. The molecule has 1 fully saturated rings. The fourth-order valence-electron chi connectivity index (χ4n) is 3.20. The summed E-state index contributed by atoms with van der Waals surface area (Å²) in [5.74, 6) is 1.46. The third kappa shape index (κ3) is 6.01. The van der Waals surface area contributed by atoms with Crippen molar-refractivity contribution in [2.75, 3.05) is 0 Å². The molecule has 3 rings (SSSR count). The van der Waals surface area contributed by atoms with Gasteiger partial charge in [0.05, 0.1) is 5.69 Å². The Labute approximate surface area is 167 Å². The Balaban J connectivity index is 0.00000169. The van der Waals surface area contributed by atoms with Crippen molar-refractivity contribution in [3.8, 4) is 11.3 Å². The maximum Gasteiger partial charge on any atom is 0.220 e. The molecule has 1 heterocycles. The van der Waals surface area contributed by atoms with Gasteiger partial charge in [-0.25, -0.2) is 4.98 Å². The molecule has 0 saturated heterocycles. The number of carbonyl (C=O) groups excluding carboxylic acids is 1. The standard InChI is InChI=1S/C19H25N3O2.2ClH/c1-13-19(14-5-3-2-4-6-14)24-18(21-13)12-11-17(23)22-16-9-7-15(20)8-10-16;;/h2-6,15-16H,7-12,20H2,1H3,(H,22,23);2*1H. The zero-order valence-corrected chi connectivity index (χ0v) is 16.6. The summed E-state index contributed by atoms with van der Waals surface area (Å²) in [7, 11) is 0. The number of benzene rings is 1. The number of aromatic nitrogens is 1. The van der Waals surface area contributed by atoms with Gasteiger partial charge < -0.3 is 15.5 Å². The van der Waals surface area contributed by atoms with Crippen LogP contribution in [0.2, 0.25) is 0 Å². The van der Waals surface area contributed by atoms with Gasteiger partial charge in [0.2, 0.25) is 5.91 Å². The summed E-state index contributed by atoms with van der Waals surface area (Å²) in [4.78, 5) is 16.6. The zero-order valence-electron chi connectivity index (χ0n) is 14.9. The maximum atomic E-state index is 12.1. The lowest BCUT2D eigenvalue weighted by molar-refractivity contribution is -0.122. The van der Waals surface area contributed by atoms with Gasteiger partial charge in [0.25, 0.3) is 0 Å². The van der Waals surface area contributed by atoms with Crippen LogP contribution in [0.15, 0.2) is 34.7 Å². The summed E-state index contributed by atoms with van der Waals surface area (Å²) in [5, 5.41) is 3.10. The number of halogens is 2. The molecule has 26 heavy (non-hydrogen) atoms. The van der Waals surface area contributed by atoms with E-state index < -0.39 is 0 Å². The minimum atomic E-state index is 0. The number of carbonyl (C=O) groups is 1. The fraction of sp³-hybridized carbons (Fsp3) is 0.474. The first-order valence-corrected chi connectivity index (χ1v) is 8.68. The highest BCUT2D eigenvalue weighted by atomic mass is 35.5. The summed E-state index contributed by atoms with van der Waals surface area (Å²) in [6, 6.07) is 10.5. The number of nitrogens with one attached hydrogen (secondary N) is 1. The van der Waals surface area contributed by atoms with E-state index in [0.717, 1.165) is 42.7 Å². The highest BCUT2D eigenvalue weighted by molar-refractivity contribution is 5.85. The Morgan fingerprint density at radius 1 is 1.19 bits per heavy atom. The first kappa shape index (κ1) is 22.5. The average molecular weight is 400 g/mol. The lowest BCUT2D eigenvalue weighted by Crippen LogP contribution is -2.40. The predicted octanol–water partition coefficient (Wildman–Crippen LogP) is 3.81. The monoisotopic (exact) mass is 399 g/mol. The summed E-state index contributed by atoms with van der Waals surface area (Å²) in [6.07, 6.45) is 4.85. The quantitative estimate of drug-likeness (QED) is 0.800. The van der Waals surface area contributed by atoms with Gasteiger partial charge >= 0.3 is 0 Å². The van der Waals surface area contributed by atoms with Gasteiger partial charge in [-0.05, 0) is 32.6 Å². The smallest absolute Gasteiger partial charge is 0.220 e. The minimum absolute atomic E-state index is 0. The normalized spacial score (nSPS) is 19.2. The van der Waals surface area contributed by atoms with Gasteiger partial charge in [-0.3, -0.25) is 4.79 Å². The third-order valence-corrected chi connectivity index (χ3v) is 4.58. The molecule has 0 unspecified atom stereocenters. The van der Waals surface area contributed by atoms with Crippen molar-refractivity contribution in [3.63, 3.8) is 0 Å². The molecule has 0 bridgehead atoms. The molecule has 1 aromatic carbocycles. The van der Waals surface area contributed by atoms with Gasteiger partial charge in [-0.15, -0.1) is 24.8 Å². The van der Waals surface area contributed by atoms with Crippen LogP contribution in [0.1, 0.15) is 43.7 Å². The van der Waals surface area contributed by atoms with E-state index in [1.807, 2.05) is 37.3 Å². The molecule has 1 aromatic heterocycles. The van der Waals surface area contributed by atoms with Gasteiger partial charge in [-0.2, -0.15) is 0 Å². The maximum absolute atomic E-state index is 12.1. The summed E-state index contributed by atoms with van der Waals surface area (Å²) >= 11 is 0. The molecule has 1 aliphatic carbocycles. The highest BCUT2D eigenvalue weighted by Crippen LogP contribution is 2.24. The molecule has 1 amide bonds. The van der Waals surface area contributed by atoms with Crippen LogP contribution in [0.4, 0.5) is 0 Å². The van der Waals surface area contributed by atoms with E-state index >= 15 is 0 Å². The van der Waals surface area contributed by atoms with Crippen molar-refractivity contribution in [2.45, 2.75) is 57.5 Å². The van der Waals surface area contributed by atoms with E-state index in [4.69, 9.17) is 10.2 Å². The molecule has 0 aliphatic heterocycles. The number of nitrogens with two attached hydrogens (primary N) is 1. The Morgan fingerprint density at radius 3 is 2.50 bits per heavy atom. The van der Waals surface area contributed by atoms with Gasteiger partial charge in [0.15, 0.2) is 11.7 Å². The van der Waals surface area contributed by atoms with Crippen molar-refractivity contribution in [2.24, 2.45) is 5.73 Å².